The van der Waals surface area contributed by atoms with Crippen molar-refractivity contribution in [2.24, 2.45) is 11.8 Å². The van der Waals surface area contributed by atoms with Crippen LogP contribution in [0.5, 0.6) is 0 Å². The Balaban J connectivity index is 1.74. The van der Waals surface area contributed by atoms with E-state index in [4.69, 9.17) is 9.47 Å². The molecule has 0 radical (unpaired) electrons. The second-order valence-corrected chi connectivity index (χ2v) is 7.25. The summed E-state index contributed by atoms with van der Waals surface area (Å²) in [5.74, 6) is 1.23. The molecule has 5 nitrogen and oxygen atoms in total. The average Bonchev–Trinajstić information content (AvgIpc) is 2.51. The number of piperidine rings is 2. The van der Waals surface area contributed by atoms with Crippen LogP contribution >= 0.6 is 0 Å². The van der Waals surface area contributed by atoms with Gasteiger partial charge in [0.05, 0.1) is 18.3 Å². The summed E-state index contributed by atoms with van der Waals surface area (Å²) >= 11 is 0. The molecule has 2 heterocycles. The second-order valence-electron chi connectivity index (χ2n) is 7.25. The Hall–Kier alpha value is -0.200. The number of aliphatic hydroxyl groups is 1. The van der Waals surface area contributed by atoms with Gasteiger partial charge in [0, 0.05) is 40.4 Å². The van der Waals surface area contributed by atoms with Crippen LogP contribution in [0.1, 0.15) is 26.7 Å². The number of nitrogens with zero attached hydrogens (tertiary/aromatic N) is 2. The zero-order valence-corrected chi connectivity index (χ0v) is 14.7. The molecule has 0 aromatic heterocycles. The predicted octanol–water partition coefficient (Wildman–Crippen LogP) is 1.06. The summed E-state index contributed by atoms with van der Waals surface area (Å²) in [5, 5.41) is 10.4. The molecular weight excluding hydrogens is 280 g/mol. The van der Waals surface area contributed by atoms with Crippen LogP contribution in [-0.4, -0.2) is 86.7 Å². The third-order valence-electron chi connectivity index (χ3n) is 5.49. The van der Waals surface area contributed by atoms with Crippen molar-refractivity contribution < 1.29 is 14.6 Å². The van der Waals surface area contributed by atoms with Crippen LogP contribution in [0.2, 0.25) is 0 Å². The minimum atomic E-state index is -0.295. The van der Waals surface area contributed by atoms with Gasteiger partial charge >= 0.3 is 0 Å². The molecule has 5 atom stereocenters. The first-order valence-corrected chi connectivity index (χ1v) is 8.71. The molecule has 1 unspecified atom stereocenters. The van der Waals surface area contributed by atoms with Gasteiger partial charge in [0.15, 0.2) is 0 Å². The summed E-state index contributed by atoms with van der Waals surface area (Å²) in [6.07, 6.45) is 2.61. The minimum absolute atomic E-state index is 0.295. The standard InChI is InChI=1S/C17H34N2O3/c1-13-5-7-18(11-16(13)21-3)9-15(20)10-19-8-6-14(2)17(12-19)22-4/h13-17,20H,5-12H2,1-4H3/t13-,14+,15?,16-,17-/m1/s1. The van der Waals surface area contributed by atoms with E-state index in [-0.39, 0.29) is 6.10 Å². The predicted molar refractivity (Wildman–Crippen MR) is 88.0 cm³/mol. The molecule has 1 N–H and O–H groups in total. The first-order valence-electron chi connectivity index (χ1n) is 8.71. The van der Waals surface area contributed by atoms with Crippen LogP contribution < -0.4 is 0 Å². The van der Waals surface area contributed by atoms with Crippen LogP contribution in [0.15, 0.2) is 0 Å². The number of hydrogen-bond donors (Lipinski definition) is 1. The number of aliphatic hydroxyl groups excluding tert-OH is 1. The maximum Gasteiger partial charge on any atom is 0.0793 e. The van der Waals surface area contributed by atoms with Gasteiger partial charge in [0.2, 0.25) is 0 Å². The molecule has 0 aliphatic carbocycles. The zero-order chi connectivity index (χ0) is 16.1. The lowest BCUT2D eigenvalue weighted by atomic mass is 9.95. The SMILES string of the molecule is CO[C@@H]1CN(CC(O)CN2CC[C@H](C)[C@H](OC)C2)CC[C@H]1C. The smallest absolute Gasteiger partial charge is 0.0793 e. The summed E-state index contributed by atoms with van der Waals surface area (Å²) in [5.41, 5.74) is 0. The lowest BCUT2D eigenvalue weighted by Gasteiger charge is -2.39. The molecule has 22 heavy (non-hydrogen) atoms. The normalized spacial score (nSPS) is 36.4. The van der Waals surface area contributed by atoms with E-state index in [9.17, 15) is 5.11 Å². The van der Waals surface area contributed by atoms with Crippen LogP contribution in [0, 0.1) is 11.8 Å². The van der Waals surface area contributed by atoms with Crippen LogP contribution in [-0.2, 0) is 9.47 Å². The molecule has 0 aromatic carbocycles. The second kappa shape index (κ2) is 8.60. The monoisotopic (exact) mass is 314 g/mol. The van der Waals surface area contributed by atoms with Gasteiger partial charge in [0.25, 0.3) is 0 Å². The largest absolute Gasteiger partial charge is 0.390 e. The van der Waals surface area contributed by atoms with E-state index < -0.39 is 0 Å². The maximum absolute atomic E-state index is 10.4. The summed E-state index contributed by atoms with van der Waals surface area (Å²) in [4.78, 5) is 4.69. The van der Waals surface area contributed by atoms with Crippen molar-refractivity contribution in [1.82, 2.24) is 9.80 Å². The average molecular weight is 314 g/mol. The first kappa shape index (κ1) is 18.1. The van der Waals surface area contributed by atoms with Gasteiger partial charge in [-0.25, -0.2) is 0 Å². The van der Waals surface area contributed by atoms with E-state index >= 15 is 0 Å². The van der Waals surface area contributed by atoms with E-state index in [1.165, 1.54) is 0 Å². The molecule has 2 aliphatic heterocycles. The van der Waals surface area contributed by atoms with Crippen LogP contribution in [0.25, 0.3) is 0 Å². The Morgan fingerprint density at radius 2 is 1.32 bits per heavy atom. The van der Waals surface area contributed by atoms with E-state index in [1.54, 1.807) is 14.2 Å². The highest BCUT2D eigenvalue weighted by Crippen LogP contribution is 2.21. The molecular formula is C17H34N2O3. The molecule has 0 amide bonds. The molecule has 0 saturated carbocycles. The number of hydrogen-bond acceptors (Lipinski definition) is 5. The van der Waals surface area contributed by atoms with Crippen molar-refractivity contribution in [3.05, 3.63) is 0 Å². The van der Waals surface area contributed by atoms with Gasteiger partial charge in [0.1, 0.15) is 0 Å². The van der Waals surface area contributed by atoms with Crippen LogP contribution in [0.3, 0.4) is 0 Å². The Morgan fingerprint density at radius 1 is 0.909 bits per heavy atom. The Labute approximate surface area is 135 Å². The van der Waals surface area contributed by atoms with Crippen molar-refractivity contribution in [2.75, 3.05) is 53.5 Å². The van der Waals surface area contributed by atoms with Crippen LogP contribution in [0.4, 0.5) is 0 Å². The quantitative estimate of drug-likeness (QED) is 0.794. The van der Waals surface area contributed by atoms with Crippen molar-refractivity contribution >= 4 is 0 Å². The molecule has 0 bridgehead atoms. The van der Waals surface area contributed by atoms with E-state index in [1.807, 2.05) is 0 Å². The molecule has 130 valence electrons. The third kappa shape index (κ3) is 4.90. The fraction of sp³-hybridized carbons (Fsp3) is 1.00. The minimum Gasteiger partial charge on any atom is -0.390 e. The molecule has 5 heteroatoms. The lowest BCUT2D eigenvalue weighted by Crippen LogP contribution is -2.51. The number of rotatable bonds is 6. The van der Waals surface area contributed by atoms with Gasteiger partial charge in [-0.15, -0.1) is 0 Å². The highest BCUT2D eigenvalue weighted by molar-refractivity contribution is 4.83. The molecule has 2 fully saturated rings. The van der Waals surface area contributed by atoms with Gasteiger partial charge in [-0.2, -0.15) is 0 Å². The molecule has 2 saturated heterocycles. The molecule has 2 rings (SSSR count). The number of β-amino-alcohol motifs (C(OH)–C–C–N with tert-alkyl or cyclic N) is 1. The molecule has 2 aliphatic rings. The number of likely N-dealkylation sites (tertiary alicyclic amines) is 2. The summed E-state index contributed by atoms with van der Waals surface area (Å²) in [6, 6.07) is 0. The van der Waals surface area contributed by atoms with Crippen molar-refractivity contribution in [2.45, 2.75) is 45.0 Å². The Bertz CT molecular complexity index is 299. The number of methoxy groups -OCH3 is 2. The fourth-order valence-electron chi connectivity index (χ4n) is 3.79. The fourth-order valence-corrected chi connectivity index (χ4v) is 3.79. The summed E-state index contributed by atoms with van der Waals surface area (Å²) in [7, 11) is 3.59. The highest BCUT2D eigenvalue weighted by atomic mass is 16.5. The van der Waals surface area contributed by atoms with Gasteiger partial charge in [-0.1, -0.05) is 13.8 Å². The Morgan fingerprint density at radius 3 is 1.68 bits per heavy atom. The maximum atomic E-state index is 10.4. The molecule has 0 aromatic rings. The number of ether oxygens (including phenoxy) is 2. The Kier molecular flexibility index (Phi) is 7.09. The van der Waals surface area contributed by atoms with E-state index in [0.717, 1.165) is 52.1 Å². The van der Waals surface area contributed by atoms with E-state index in [2.05, 4.69) is 23.6 Å². The first-order chi connectivity index (χ1) is 10.5. The summed E-state index contributed by atoms with van der Waals surface area (Å²) < 4.78 is 11.1. The van der Waals surface area contributed by atoms with Crippen molar-refractivity contribution in [3.8, 4) is 0 Å². The van der Waals surface area contributed by atoms with E-state index in [0.29, 0.717) is 24.0 Å². The third-order valence-corrected chi connectivity index (χ3v) is 5.49. The van der Waals surface area contributed by atoms with Gasteiger partial charge in [-0.3, -0.25) is 9.80 Å². The topological polar surface area (TPSA) is 45.2 Å². The zero-order valence-electron chi connectivity index (χ0n) is 14.7. The highest BCUT2D eigenvalue weighted by Gasteiger charge is 2.29. The van der Waals surface area contributed by atoms with Crippen molar-refractivity contribution in [3.63, 3.8) is 0 Å². The van der Waals surface area contributed by atoms with Gasteiger partial charge in [-0.05, 0) is 37.8 Å². The lowest BCUT2D eigenvalue weighted by molar-refractivity contribution is -0.0362. The van der Waals surface area contributed by atoms with Crippen molar-refractivity contribution in [1.29, 1.82) is 0 Å². The summed E-state index contributed by atoms with van der Waals surface area (Å²) in [6.45, 7) is 10.0. The van der Waals surface area contributed by atoms with Gasteiger partial charge < -0.3 is 14.6 Å². The molecule has 0 spiro atoms.